The first-order valence-corrected chi connectivity index (χ1v) is 15.2. The number of nitrogens with zero attached hydrogens (tertiary/aromatic N) is 3. The lowest BCUT2D eigenvalue weighted by atomic mass is 9.76. The van der Waals surface area contributed by atoms with Crippen LogP contribution >= 0.6 is 15.9 Å². The smallest absolute Gasteiger partial charge is 0.321 e. The van der Waals surface area contributed by atoms with Gasteiger partial charge in [-0.15, -0.1) is 0 Å². The second-order valence-electron chi connectivity index (χ2n) is 11.7. The van der Waals surface area contributed by atoms with Gasteiger partial charge in [0.1, 0.15) is 0 Å². The number of piperidine rings is 1. The Morgan fingerprint density at radius 3 is 2.20 bits per heavy atom. The van der Waals surface area contributed by atoms with Gasteiger partial charge in [0, 0.05) is 48.8 Å². The van der Waals surface area contributed by atoms with Crippen LogP contribution in [0.15, 0.2) is 89.4 Å². The molecule has 1 N–H and O–H groups in total. The van der Waals surface area contributed by atoms with Crippen LogP contribution in [0, 0.1) is 11.3 Å². The number of nitrogens with one attached hydrogen (secondary N) is 1. The molecule has 3 saturated heterocycles. The lowest BCUT2D eigenvalue weighted by molar-refractivity contribution is -0.139. The van der Waals surface area contributed by atoms with Gasteiger partial charge in [-0.25, -0.2) is 4.79 Å². The van der Waals surface area contributed by atoms with E-state index in [1.54, 1.807) is 0 Å². The van der Waals surface area contributed by atoms with Gasteiger partial charge in [-0.1, -0.05) is 76.6 Å². The number of rotatable bonds is 6. The van der Waals surface area contributed by atoms with Crippen LogP contribution < -0.4 is 5.32 Å². The molecule has 0 bridgehead atoms. The third-order valence-corrected chi connectivity index (χ3v) is 9.70. The molecule has 3 aromatic rings. The number of halogens is 1. The van der Waals surface area contributed by atoms with Gasteiger partial charge in [0.05, 0.1) is 5.41 Å². The molecule has 6 rings (SSSR count). The number of carbonyl (C=O) groups excluding carboxylic acids is 2. The van der Waals surface area contributed by atoms with E-state index in [9.17, 15) is 9.59 Å². The Morgan fingerprint density at radius 1 is 0.850 bits per heavy atom. The molecular formula is C33H37BrN4O2. The van der Waals surface area contributed by atoms with Crippen molar-refractivity contribution in [3.63, 3.8) is 0 Å². The summed E-state index contributed by atoms with van der Waals surface area (Å²) in [5, 5.41) is 3.07. The van der Waals surface area contributed by atoms with E-state index >= 15 is 0 Å². The number of para-hydroxylation sites is 1. The van der Waals surface area contributed by atoms with Gasteiger partial charge in [0.2, 0.25) is 5.91 Å². The van der Waals surface area contributed by atoms with Crippen molar-refractivity contribution in [3.8, 4) is 0 Å². The van der Waals surface area contributed by atoms with E-state index in [1.165, 1.54) is 11.1 Å². The van der Waals surface area contributed by atoms with Gasteiger partial charge in [-0.05, 0) is 73.7 Å². The van der Waals surface area contributed by atoms with Crippen molar-refractivity contribution >= 4 is 33.6 Å². The maximum Gasteiger partial charge on any atom is 0.321 e. The Labute approximate surface area is 245 Å². The molecule has 0 aromatic heterocycles. The average Bonchev–Trinajstić information content (AvgIpc) is 3.54. The summed E-state index contributed by atoms with van der Waals surface area (Å²) in [7, 11) is 0. The van der Waals surface area contributed by atoms with Crippen LogP contribution in [0.4, 0.5) is 10.5 Å². The average molecular weight is 602 g/mol. The lowest BCUT2D eigenvalue weighted by Gasteiger charge is -2.39. The predicted molar refractivity (Wildman–Crippen MR) is 162 cm³/mol. The topological polar surface area (TPSA) is 55.9 Å². The Bertz CT molecular complexity index is 1310. The van der Waals surface area contributed by atoms with E-state index < -0.39 is 0 Å². The SMILES string of the molecule is O=C(Nc1ccccc1)N1C[C@H](CN2CCC3(CC2)CCN(Cc2ccc(Br)cc2)C3=O)[C@@H](c2ccccc2)C1. The number of benzene rings is 3. The molecule has 0 unspecified atom stereocenters. The number of urea groups is 1. The predicted octanol–water partition coefficient (Wildman–Crippen LogP) is 6.21. The van der Waals surface area contributed by atoms with Crippen LogP contribution in [0.5, 0.6) is 0 Å². The summed E-state index contributed by atoms with van der Waals surface area (Å²) in [5.41, 5.74) is 3.09. The summed E-state index contributed by atoms with van der Waals surface area (Å²) in [4.78, 5) is 33.3. The van der Waals surface area contributed by atoms with E-state index in [0.717, 1.165) is 62.1 Å². The fourth-order valence-corrected chi connectivity index (χ4v) is 7.10. The number of carbonyl (C=O) groups is 2. The molecule has 0 saturated carbocycles. The third-order valence-electron chi connectivity index (χ3n) is 9.17. The minimum absolute atomic E-state index is 0.0327. The summed E-state index contributed by atoms with van der Waals surface area (Å²) in [6.07, 6.45) is 2.80. The van der Waals surface area contributed by atoms with Crippen molar-refractivity contribution in [1.82, 2.24) is 14.7 Å². The van der Waals surface area contributed by atoms with Gasteiger partial charge in [0.15, 0.2) is 0 Å². The van der Waals surface area contributed by atoms with Crippen LogP contribution in [0.25, 0.3) is 0 Å². The van der Waals surface area contributed by atoms with E-state index in [2.05, 4.69) is 73.5 Å². The second-order valence-corrected chi connectivity index (χ2v) is 12.6. The van der Waals surface area contributed by atoms with Crippen LogP contribution in [0.1, 0.15) is 36.3 Å². The van der Waals surface area contributed by atoms with E-state index in [1.807, 2.05) is 47.4 Å². The first kappa shape index (κ1) is 27.0. The maximum atomic E-state index is 13.6. The van der Waals surface area contributed by atoms with E-state index in [-0.39, 0.29) is 11.4 Å². The van der Waals surface area contributed by atoms with Crippen molar-refractivity contribution in [3.05, 3.63) is 101 Å². The molecule has 7 heteroatoms. The standard InChI is InChI=1S/C33H37BrN4O2/c34-28-13-11-25(12-14-28)21-37-20-17-33(31(37)39)15-18-36(19-16-33)22-27-23-38(24-30(27)26-7-3-1-4-8-26)32(40)35-29-9-5-2-6-10-29/h1-14,27,30H,15-24H2,(H,35,40)/t27-,30+/m0/s1. The highest BCUT2D eigenvalue weighted by atomic mass is 79.9. The van der Waals surface area contributed by atoms with Gasteiger partial charge in [-0.2, -0.15) is 0 Å². The molecule has 3 fully saturated rings. The molecule has 3 amide bonds. The number of anilines is 1. The number of hydrogen-bond donors (Lipinski definition) is 1. The monoisotopic (exact) mass is 600 g/mol. The zero-order valence-electron chi connectivity index (χ0n) is 22.8. The highest BCUT2D eigenvalue weighted by Crippen LogP contribution is 2.43. The quantitative estimate of drug-likeness (QED) is 0.366. The molecule has 6 nitrogen and oxygen atoms in total. The first-order chi connectivity index (χ1) is 19.5. The van der Waals surface area contributed by atoms with Crippen molar-refractivity contribution in [1.29, 1.82) is 0 Å². The molecule has 3 aromatic carbocycles. The van der Waals surface area contributed by atoms with Crippen LogP contribution in [0.2, 0.25) is 0 Å². The molecule has 3 aliphatic heterocycles. The Balaban J connectivity index is 1.08. The molecule has 1 spiro atoms. The molecule has 2 atom stereocenters. The first-order valence-electron chi connectivity index (χ1n) is 14.4. The maximum absolute atomic E-state index is 13.6. The van der Waals surface area contributed by atoms with Crippen molar-refractivity contribution < 1.29 is 9.59 Å². The van der Waals surface area contributed by atoms with Crippen molar-refractivity contribution in [2.45, 2.75) is 31.7 Å². The Kier molecular flexibility index (Phi) is 7.94. The summed E-state index contributed by atoms with van der Waals surface area (Å²) in [6.45, 7) is 5.81. The van der Waals surface area contributed by atoms with Crippen molar-refractivity contribution in [2.24, 2.45) is 11.3 Å². The van der Waals surface area contributed by atoms with E-state index in [0.29, 0.717) is 30.8 Å². The molecule has 3 heterocycles. The normalized spacial score (nSPS) is 22.7. The minimum atomic E-state index is -0.206. The number of hydrogen-bond acceptors (Lipinski definition) is 3. The lowest BCUT2D eigenvalue weighted by Crippen LogP contribution is -2.46. The van der Waals surface area contributed by atoms with Gasteiger partial charge >= 0.3 is 6.03 Å². The number of likely N-dealkylation sites (tertiary alicyclic amines) is 3. The largest absolute Gasteiger partial charge is 0.338 e. The summed E-state index contributed by atoms with van der Waals surface area (Å²) >= 11 is 3.50. The van der Waals surface area contributed by atoms with Crippen LogP contribution in [0.3, 0.4) is 0 Å². The fourth-order valence-electron chi connectivity index (χ4n) is 6.84. The molecule has 3 aliphatic rings. The van der Waals surface area contributed by atoms with E-state index in [4.69, 9.17) is 0 Å². The molecular weight excluding hydrogens is 564 g/mol. The molecule has 0 radical (unpaired) electrons. The fraction of sp³-hybridized carbons (Fsp3) is 0.394. The number of amides is 3. The molecule has 40 heavy (non-hydrogen) atoms. The highest BCUT2D eigenvalue weighted by Gasteiger charge is 2.48. The minimum Gasteiger partial charge on any atom is -0.338 e. The molecule has 208 valence electrons. The Hall–Kier alpha value is -3.16. The van der Waals surface area contributed by atoms with Crippen LogP contribution in [-0.4, -0.2) is 65.9 Å². The highest BCUT2D eigenvalue weighted by molar-refractivity contribution is 9.10. The zero-order chi connectivity index (χ0) is 27.5. The second kappa shape index (κ2) is 11.8. The van der Waals surface area contributed by atoms with Gasteiger partial charge < -0.3 is 20.0 Å². The molecule has 0 aliphatic carbocycles. The summed E-state index contributed by atoms with van der Waals surface area (Å²) < 4.78 is 1.06. The van der Waals surface area contributed by atoms with Gasteiger partial charge in [0.25, 0.3) is 0 Å². The summed E-state index contributed by atoms with van der Waals surface area (Å²) in [5.74, 6) is 0.987. The third kappa shape index (κ3) is 5.81. The van der Waals surface area contributed by atoms with Gasteiger partial charge in [-0.3, -0.25) is 4.79 Å². The Morgan fingerprint density at radius 2 is 1.50 bits per heavy atom. The van der Waals surface area contributed by atoms with Crippen molar-refractivity contribution in [2.75, 3.05) is 44.6 Å². The summed E-state index contributed by atoms with van der Waals surface area (Å²) in [6, 6.07) is 28.5. The van der Waals surface area contributed by atoms with Crippen LogP contribution in [-0.2, 0) is 11.3 Å². The zero-order valence-corrected chi connectivity index (χ0v) is 24.4.